The SMILES string of the molecule is CCC(O)(CC)CNC(=O)C1CC(=O)N(C2CCC(C)CC2)C1. The number of carbonyl (C=O) groups is 2. The molecule has 1 saturated carbocycles. The second-order valence-corrected chi connectivity index (χ2v) is 7.51. The molecule has 0 aromatic heterocycles. The zero-order valence-corrected chi connectivity index (χ0v) is 14.8. The smallest absolute Gasteiger partial charge is 0.225 e. The molecule has 23 heavy (non-hydrogen) atoms. The summed E-state index contributed by atoms with van der Waals surface area (Å²) in [4.78, 5) is 26.6. The maximum Gasteiger partial charge on any atom is 0.225 e. The lowest BCUT2D eigenvalue weighted by Gasteiger charge is -2.33. The zero-order chi connectivity index (χ0) is 17.0. The zero-order valence-electron chi connectivity index (χ0n) is 14.8. The molecule has 2 fully saturated rings. The van der Waals surface area contributed by atoms with Crippen molar-refractivity contribution in [3.8, 4) is 0 Å². The van der Waals surface area contributed by atoms with Gasteiger partial charge in [-0.05, 0) is 44.4 Å². The number of likely N-dealkylation sites (tertiary alicyclic amines) is 1. The van der Waals surface area contributed by atoms with Crippen molar-refractivity contribution in [1.29, 1.82) is 0 Å². The Hall–Kier alpha value is -1.10. The van der Waals surface area contributed by atoms with Crippen LogP contribution in [-0.2, 0) is 9.59 Å². The number of amides is 2. The average molecular weight is 324 g/mol. The molecular weight excluding hydrogens is 292 g/mol. The second kappa shape index (κ2) is 7.65. The standard InChI is InChI=1S/C18H32N2O3/c1-4-18(23,5-2)12-19-17(22)14-10-16(21)20(11-14)15-8-6-13(3)7-9-15/h13-15,23H,4-12H2,1-3H3,(H,19,22). The maximum absolute atomic E-state index is 12.3. The maximum atomic E-state index is 12.3. The number of carbonyl (C=O) groups excluding carboxylic acids is 2. The lowest BCUT2D eigenvalue weighted by Crippen LogP contribution is -2.45. The summed E-state index contributed by atoms with van der Waals surface area (Å²) in [5.74, 6) is 0.514. The number of hydrogen-bond donors (Lipinski definition) is 2. The first kappa shape index (κ1) is 18.2. The predicted octanol–water partition coefficient (Wildman–Crippen LogP) is 2.08. The molecule has 1 aliphatic carbocycles. The van der Waals surface area contributed by atoms with Crippen LogP contribution in [0.1, 0.15) is 65.7 Å². The van der Waals surface area contributed by atoms with Crippen molar-refractivity contribution >= 4 is 11.8 Å². The van der Waals surface area contributed by atoms with Gasteiger partial charge in [-0.25, -0.2) is 0 Å². The van der Waals surface area contributed by atoms with E-state index in [0.29, 0.717) is 31.8 Å². The highest BCUT2D eigenvalue weighted by molar-refractivity contribution is 5.89. The Kier molecular flexibility index (Phi) is 6.06. The van der Waals surface area contributed by atoms with Gasteiger partial charge in [0.05, 0.1) is 11.5 Å². The van der Waals surface area contributed by atoms with Crippen molar-refractivity contribution in [1.82, 2.24) is 10.2 Å². The van der Waals surface area contributed by atoms with Crippen molar-refractivity contribution in [2.75, 3.05) is 13.1 Å². The quantitative estimate of drug-likeness (QED) is 0.786. The van der Waals surface area contributed by atoms with Crippen LogP contribution in [0.5, 0.6) is 0 Å². The monoisotopic (exact) mass is 324 g/mol. The minimum atomic E-state index is -0.836. The van der Waals surface area contributed by atoms with Gasteiger partial charge in [-0.2, -0.15) is 0 Å². The van der Waals surface area contributed by atoms with E-state index in [0.717, 1.165) is 18.8 Å². The van der Waals surface area contributed by atoms with E-state index in [1.165, 1.54) is 12.8 Å². The molecule has 132 valence electrons. The molecule has 1 heterocycles. The summed E-state index contributed by atoms with van der Waals surface area (Å²) in [6.45, 7) is 6.91. The normalized spacial score (nSPS) is 29.0. The van der Waals surface area contributed by atoms with Crippen LogP contribution in [0, 0.1) is 11.8 Å². The molecule has 2 aliphatic rings. The third-order valence-electron chi connectivity index (χ3n) is 5.86. The van der Waals surface area contributed by atoms with Gasteiger partial charge >= 0.3 is 0 Å². The largest absolute Gasteiger partial charge is 0.388 e. The van der Waals surface area contributed by atoms with E-state index in [2.05, 4.69) is 12.2 Å². The van der Waals surface area contributed by atoms with Crippen LogP contribution >= 0.6 is 0 Å². The Morgan fingerprint density at radius 2 is 1.87 bits per heavy atom. The minimum Gasteiger partial charge on any atom is -0.388 e. The van der Waals surface area contributed by atoms with E-state index < -0.39 is 5.60 Å². The average Bonchev–Trinajstić information content (AvgIpc) is 2.95. The molecule has 1 atom stereocenters. The van der Waals surface area contributed by atoms with Crippen LogP contribution in [0.3, 0.4) is 0 Å². The molecular formula is C18H32N2O3. The molecule has 0 spiro atoms. The molecule has 5 heteroatoms. The molecule has 1 unspecified atom stereocenters. The Morgan fingerprint density at radius 1 is 1.26 bits per heavy atom. The number of nitrogens with one attached hydrogen (secondary N) is 1. The number of rotatable bonds is 6. The van der Waals surface area contributed by atoms with E-state index >= 15 is 0 Å². The van der Waals surface area contributed by atoms with Crippen molar-refractivity contribution < 1.29 is 14.7 Å². The van der Waals surface area contributed by atoms with E-state index in [9.17, 15) is 14.7 Å². The second-order valence-electron chi connectivity index (χ2n) is 7.51. The van der Waals surface area contributed by atoms with Crippen molar-refractivity contribution in [2.45, 2.75) is 77.4 Å². The van der Waals surface area contributed by atoms with E-state index in [1.54, 1.807) is 0 Å². The molecule has 0 bridgehead atoms. The van der Waals surface area contributed by atoms with Crippen molar-refractivity contribution in [3.63, 3.8) is 0 Å². The molecule has 0 radical (unpaired) electrons. The van der Waals surface area contributed by atoms with Gasteiger partial charge in [0.2, 0.25) is 11.8 Å². The van der Waals surface area contributed by atoms with E-state index in [-0.39, 0.29) is 24.3 Å². The Morgan fingerprint density at radius 3 is 2.43 bits per heavy atom. The molecule has 1 saturated heterocycles. The van der Waals surface area contributed by atoms with Crippen LogP contribution in [0.15, 0.2) is 0 Å². The first-order valence-electron chi connectivity index (χ1n) is 9.18. The lowest BCUT2D eigenvalue weighted by molar-refractivity contribution is -0.131. The summed E-state index contributed by atoms with van der Waals surface area (Å²) < 4.78 is 0. The van der Waals surface area contributed by atoms with Gasteiger partial charge in [0.1, 0.15) is 0 Å². The summed E-state index contributed by atoms with van der Waals surface area (Å²) in [6.07, 6.45) is 6.00. The highest BCUT2D eigenvalue weighted by atomic mass is 16.3. The van der Waals surface area contributed by atoms with Gasteiger partial charge < -0.3 is 15.3 Å². The van der Waals surface area contributed by atoms with Gasteiger partial charge in [0.25, 0.3) is 0 Å². The summed E-state index contributed by atoms with van der Waals surface area (Å²) >= 11 is 0. The van der Waals surface area contributed by atoms with Gasteiger partial charge in [-0.15, -0.1) is 0 Å². The van der Waals surface area contributed by atoms with Gasteiger partial charge in [0, 0.05) is 25.6 Å². The molecule has 1 aliphatic heterocycles. The highest BCUT2D eigenvalue weighted by Gasteiger charge is 2.39. The van der Waals surface area contributed by atoms with E-state index in [1.807, 2.05) is 18.7 Å². The summed E-state index contributed by atoms with van der Waals surface area (Å²) in [7, 11) is 0. The number of aliphatic hydroxyl groups is 1. The Balaban J connectivity index is 1.85. The molecule has 0 aromatic rings. The molecule has 2 amide bonds. The first-order chi connectivity index (χ1) is 10.9. The molecule has 2 rings (SSSR count). The summed E-state index contributed by atoms with van der Waals surface area (Å²) in [6, 6.07) is 0.319. The van der Waals surface area contributed by atoms with Gasteiger partial charge in [-0.1, -0.05) is 20.8 Å². The molecule has 5 nitrogen and oxygen atoms in total. The number of hydrogen-bond acceptors (Lipinski definition) is 3. The Labute approximate surface area is 139 Å². The first-order valence-corrected chi connectivity index (χ1v) is 9.18. The van der Waals surface area contributed by atoms with Crippen LogP contribution in [-0.4, -0.2) is 46.6 Å². The van der Waals surface area contributed by atoms with Crippen molar-refractivity contribution in [2.24, 2.45) is 11.8 Å². The van der Waals surface area contributed by atoms with Gasteiger partial charge in [-0.3, -0.25) is 9.59 Å². The summed E-state index contributed by atoms with van der Waals surface area (Å²) in [5, 5.41) is 13.1. The topological polar surface area (TPSA) is 69.6 Å². The number of nitrogens with zero attached hydrogens (tertiary/aromatic N) is 1. The fourth-order valence-corrected chi connectivity index (χ4v) is 3.71. The van der Waals surface area contributed by atoms with Crippen LogP contribution in [0.2, 0.25) is 0 Å². The lowest BCUT2D eigenvalue weighted by atomic mass is 9.86. The Bertz CT molecular complexity index is 426. The molecule has 2 N–H and O–H groups in total. The fourth-order valence-electron chi connectivity index (χ4n) is 3.71. The third-order valence-corrected chi connectivity index (χ3v) is 5.86. The van der Waals surface area contributed by atoms with Crippen LogP contribution in [0.25, 0.3) is 0 Å². The van der Waals surface area contributed by atoms with Crippen LogP contribution < -0.4 is 5.32 Å². The highest BCUT2D eigenvalue weighted by Crippen LogP contribution is 2.31. The van der Waals surface area contributed by atoms with Crippen LogP contribution in [0.4, 0.5) is 0 Å². The summed E-state index contributed by atoms with van der Waals surface area (Å²) in [5.41, 5.74) is -0.836. The molecule has 0 aromatic carbocycles. The van der Waals surface area contributed by atoms with Gasteiger partial charge in [0.15, 0.2) is 0 Å². The van der Waals surface area contributed by atoms with E-state index in [4.69, 9.17) is 0 Å². The minimum absolute atomic E-state index is 0.0923. The van der Waals surface area contributed by atoms with Crippen molar-refractivity contribution in [3.05, 3.63) is 0 Å². The third kappa shape index (κ3) is 4.46. The fraction of sp³-hybridized carbons (Fsp3) is 0.889. The predicted molar refractivity (Wildman–Crippen MR) is 89.8 cm³/mol.